The number of nitrogens with zero attached hydrogens (tertiary/aromatic N) is 1. The van der Waals surface area contributed by atoms with Crippen LogP contribution >= 0.6 is 0 Å². The van der Waals surface area contributed by atoms with E-state index in [1.807, 2.05) is 0 Å². The highest BCUT2D eigenvalue weighted by Crippen LogP contribution is 2.35. The van der Waals surface area contributed by atoms with Gasteiger partial charge in [-0.25, -0.2) is 0 Å². The summed E-state index contributed by atoms with van der Waals surface area (Å²) in [5, 5.41) is 7.17. The number of hydrogen-bond acceptors (Lipinski definition) is 3. The van der Waals surface area contributed by atoms with E-state index in [0.29, 0.717) is 5.75 Å². The Morgan fingerprint density at radius 2 is 1.95 bits per heavy atom. The van der Waals surface area contributed by atoms with Crippen molar-refractivity contribution in [3.8, 4) is 11.5 Å². The molecule has 0 fully saturated rings. The molecule has 0 saturated heterocycles. The summed E-state index contributed by atoms with van der Waals surface area (Å²) in [6, 6.07) is 6.41. The lowest BCUT2D eigenvalue weighted by molar-refractivity contribution is -0.137. The third-order valence-corrected chi connectivity index (χ3v) is 2.46. The van der Waals surface area contributed by atoms with Gasteiger partial charge in [0.2, 0.25) is 0 Å². The molecule has 20 heavy (non-hydrogen) atoms. The Balaban J connectivity index is 2.40. The molecule has 0 unspecified atom stereocenters. The van der Waals surface area contributed by atoms with E-state index in [1.165, 1.54) is 18.5 Å². The van der Waals surface area contributed by atoms with Gasteiger partial charge in [0.25, 0.3) is 0 Å². The largest absolute Gasteiger partial charge is 0.456 e. The van der Waals surface area contributed by atoms with Crippen molar-refractivity contribution in [2.24, 2.45) is 5.73 Å². The maximum Gasteiger partial charge on any atom is 0.417 e. The molecule has 7 heteroatoms. The number of rotatable bonds is 3. The second-order valence-corrected chi connectivity index (χ2v) is 3.91. The number of nitrogens with one attached hydrogen (secondary N) is 1. The predicted molar refractivity (Wildman–Crippen MR) is 66.8 cm³/mol. The van der Waals surface area contributed by atoms with Gasteiger partial charge in [-0.2, -0.15) is 13.2 Å². The van der Waals surface area contributed by atoms with Crippen molar-refractivity contribution < 1.29 is 17.9 Å². The van der Waals surface area contributed by atoms with E-state index in [9.17, 15) is 13.2 Å². The van der Waals surface area contributed by atoms with Crippen LogP contribution in [0.4, 0.5) is 13.2 Å². The molecule has 2 aromatic rings. The topological polar surface area (TPSA) is 72.0 Å². The van der Waals surface area contributed by atoms with Crippen LogP contribution in [0.25, 0.3) is 0 Å². The quantitative estimate of drug-likeness (QED) is 0.670. The first kappa shape index (κ1) is 13.9. The number of alkyl halides is 3. The predicted octanol–water partition coefficient (Wildman–Crippen LogP) is 3.18. The van der Waals surface area contributed by atoms with E-state index in [-0.39, 0.29) is 11.3 Å². The number of nitrogen functional groups attached to an aromatic ring is 1. The van der Waals surface area contributed by atoms with E-state index >= 15 is 0 Å². The van der Waals surface area contributed by atoms with Gasteiger partial charge in [-0.3, -0.25) is 10.4 Å². The molecule has 0 aliphatic carbocycles. The molecule has 1 heterocycles. The highest BCUT2D eigenvalue weighted by molar-refractivity contribution is 5.96. The minimum absolute atomic E-state index is 0.00433. The van der Waals surface area contributed by atoms with E-state index in [0.717, 1.165) is 12.1 Å². The molecule has 2 rings (SSSR count). The van der Waals surface area contributed by atoms with Crippen LogP contribution in [-0.4, -0.2) is 10.8 Å². The Morgan fingerprint density at radius 1 is 1.20 bits per heavy atom. The first-order valence-electron chi connectivity index (χ1n) is 5.51. The van der Waals surface area contributed by atoms with E-state index in [1.54, 1.807) is 12.1 Å². The number of pyridine rings is 1. The van der Waals surface area contributed by atoms with Gasteiger partial charge in [0.15, 0.2) is 0 Å². The molecule has 0 atom stereocenters. The van der Waals surface area contributed by atoms with E-state index in [2.05, 4.69) is 4.98 Å². The second kappa shape index (κ2) is 5.20. The molecule has 0 spiro atoms. The van der Waals surface area contributed by atoms with Crippen LogP contribution in [0.1, 0.15) is 11.1 Å². The number of benzene rings is 1. The van der Waals surface area contributed by atoms with Gasteiger partial charge in [0.1, 0.15) is 17.3 Å². The summed E-state index contributed by atoms with van der Waals surface area (Å²) in [7, 11) is 0. The van der Waals surface area contributed by atoms with Crippen LogP contribution in [0.3, 0.4) is 0 Å². The highest BCUT2D eigenvalue weighted by atomic mass is 19.4. The highest BCUT2D eigenvalue weighted by Gasteiger charge is 2.34. The average molecular weight is 281 g/mol. The first-order chi connectivity index (χ1) is 9.38. The van der Waals surface area contributed by atoms with Crippen LogP contribution < -0.4 is 10.5 Å². The summed E-state index contributed by atoms with van der Waals surface area (Å²) >= 11 is 0. The molecule has 0 saturated carbocycles. The summed E-state index contributed by atoms with van der Waals surface area (Å²) < 4.78 is 44.0. The lowest BCUT2D eigenvalue weighted by atomic mass is 10.1. The third kappa shape index (κ3) is 3.05. The maximum atomic E-state index is 12.9. The first-order valence-corrected chi connectivity index (χ1v) is 5.51. The Kier molecular flexibility index (Phi) is 3.60. The molecule has 1 aromatic carbocycles. The number of ether oxygens (including phenoxy) is 1. The lowest BCUT2D eigenvalue weighted by Gasteiger charge is -2.14. The van der Waals surface area contributed by atoms with Gasteiger partial charge in [-0.05, 0) is 30.3 Å². The fraction of sp³-hybridized carbons (Fsp3) is 0.0769. The molecule has 0 aliphatic rings. The van der Waals surface area contributed by atoms with Crippen LogP contribution in [0.15, 0.2) is 42.7 Å². The minimum Gasteiger partial charge on any atom is -0.456 e. The monoisotopic (exact) mass is 281 g/mol. The van der Waals surface area contributed by atoms with Gasteiger partial charge in [0.05, 0.1) is 11.8 Å². The van der Waals surface area contributed by atoms with Crippen LogP contribution in [0.5, 0.6) is 11.5 Å². The number of nitrogens with two attached hydrogens (primary N) is 1. The van der Waals surface area contributed by atoms with Crippen molar-refractivity contribution in [1.82, 2.24) is 4.98 Å². The Bertz CT molecular complexity index is 627. The molecule has 1 aromatic heterocycles. The van der Waals surface area contributed by atoms with E-state index < -0.39 is 17.6 Å². The van der Waals surface area contributed by atoms with Crippen molar-refractivity contribution in [2.75, 3.05) is 0 Å². The lowest BCUT2D eigenvalue weighted by Crippen LogP contribution is -2.18. The fourth-order valence-corrected chi connectivity index (χ4v) is 1.60. The van der Waals surface area contributed by atoms with Crippen molar-refractivity contribution in [1.29, 1.82) is 5.41 Å². The summed E-state index contributed by atoms with van der Waals surface area (Å²) in [5.74, 6) is -0.336. The summed E-state index contributed by atoms with van der Waals surface area (Å²) in [6.45, 7) is 0. The molecule has 3 N–H and O–H groups in total. The summed E-state index contributed by atoms with van der Waals surface area (Å²) in [5.41, 5.74) is 3.76. The summed E-state index contributed by atoms with van der Waals surface area (Å²) in [6.07, 6.45) is -1.71. The van der Waals surface area contributed by atoms with Gasteiger partial charge < -0.3 is 10.5 Å². The summed E-state index contributed by atoms with van der Waals surface area (Å²) in [4.78, 5) is 3.80. The van der Waals surface area contributed by atoms with Gasteiger partial charge in [-0.1, -0.05) is 0 Å². The fourth-order valence-electron chi connectivity index (χ4n) is 1.60. The molecule has 0 amide bonds. The molecule has 0 aliphatic heterocycles. The molecule has 4 nitrogen and oxygen atoms in total. The van der Waals surface area contributed by atoms with Gasteiger partial charge in [0, 0.05) is 11.8 Å². The SMILES string of the molecule is N=C(N)c1ccc(Oc2cccnc2)cc1C(F)(F)F. The normalized spacial score (nSPS) is 11.2. The molecular formula is C13H10F3N3O. The maximum absolute atomic E-state index is 12.9. The Labute approximate surface area is 112 Å². The number of halogens is 3. The zero-order valence-corrected chi connectivity index (χ0v) is 10.1. The number of amidine groups is 1. The van der Waals surface area contributed by atoms with Crippen molar-refractivity contribution >= 4 is 5.84 Å². The van der Waals surface area contributed by atoms with Crippen molar-refractivity contribution in [3.05, 3.63) is 53.9 Å². The smallest absolute Gasteiger partial charge is 0.417 e. The molecular weight excluding hydrogens is 271 g/mol. The van der Waals surface area contributed by atoms with Crippen LogP contribution in [0.2, 0.25) is 0 Å². The van der Waals surface area contributed by atoms with Crippen LogP contribution in [-0.2, 0) is 6.18 Å². The Hall–Kier alpha value is -2.57. The van der Waals surface area contributed by atoms with Gasteiger partial charge in [-0.15, -0.1) is 0 Å². The second-order valence-electron chi connectivity index (χ2n) is 3.91. The Morgan fingerprint density at radius 3 is 2.50 bits per heavy atom. The molecule has 104 valence electrons. The molecule has 0 radical (unpaired) electrons. The molecule has 0 bridgehead atoms. The van der Waals surface area contributed by atoms with E-state index in [4.69, 9.17) is 15.9 Å². The standard InChI is InChI=1S/C13H10F3N3O/c14-13(15,16)11-6-8(3-4-10(11)12(17)18)20-9-2-1-5-19-7-9/h1-7H,(H3,17,18). The zero-order valence-electron chi connectivity index (χ0n) is 10.1. The third-order valence-electron chi connectivity index (χ3n) is 2.46. The zero-order chi connectivity index (χ0) is 14.8. The van der Waals surface area contributed by atoms with Crippen molar-refractivity contribution in [3.63, 3.8) is 0 Å². The van der Waals surface area contributed by atoms with Crippen LogP contribution in [0, 0.1) is 5.41 Å². The average Bonchev–Trinajstić information content (AvgIpc) is 2.38. The van der Waals surface area contributed by atoms with Gasteiger partial charge >= 0.3 is 6.18 Å². The van der Waals surface area contributed by atoms with Crippen molar-refractivity contribution in [2.45, 2.75) is 6.18 Å². The number of hydrogen-bond donors (Lipinski definition) is 2. The minimum atomic E-state index is -4.62. The number of aromatic nitrogens is 1.